The summed E-state index contributed by atoms with van der Waals surface area (Å²) in [6.07, 6.45) is 3.22. The number of hydrazone groups is 1. The Hall–Kier alpha value is -2.80. The van der Waals surface area contributed by atoms with Gasteiger partial charge in [-0.3, -0.25) is 4.79 Å². The van der Waals surface area contributed by atoms with E-state index in [0.29, 0.717) is 36.3 Å². The van der Waals surface area contributed by atoms with Crippen LogP contribution in [-0.2, 0) is 4.79 Å². The van der Waals surface area contributed by atoms with Gasteiger partial charge in [-0.25, -0.2) is 8.78 Å². The zero-order valence-corrected chi connectivity index (χ0v) is 15.4. The number of rotatable bonds is 7. The first-order valence-corrected chi connectivity index (χ1v) is 9.30. The van der Waals surface area contributed by atoms with Gasteiger partial charge in [0.2, 0.25) is 0 Å². The molecule has 0 spiro atoms. The molecule has 0 aliphatic carbocycles. The van der Waals surface area contributed by atoms with Crippen LogP contribution in [0.3, 0.4) is 0 Å². The highest BCUT2D eigenvalue weighted by Gasteiger charge is 2.24. The van der Waals surface area contributed by atoms with Crippen molar-refractivity contribution in [1.29, 1.82) is 0 Å². The van der Waals surface area contributed by atoms with E-state index >= 15 is 0 Å². The molecular formula is C21H23F2N3O2. The third kappa shape index (κ3) is 5.13. The lowest BCUT2D eigenvalue weighted by Crippen LogP contribution is -2.41. The molecule has 2 aromatic carbocycles. The molecule has 1 aliphatic rings. The van der Waals surface area contributed by atoms with Crippen molar-refractivity contribution in [2.45, 2.75) is 12.8 Å². The molecule has 3 rings (SSSR count). The molecule has 5 nitrogen and oxygen atoms in total. The predicted molar refractivity (Wildman–Crippen MR) is 104 cm³/mol. The van der Waals surface area contributed by atoms with Gasteiger partial charge in [0.05, 0.1) is 12.1 Å². The summed E-state index contributed by atoms with van der Waals surface area (Å²) in [6, 6.07) is 10.7. The molecule has 0 saturated carbocycles. The summed E-state index contributed by atoms with van der Waals surface area (Å²) < 4.78 is 27.3. The van der Waals surface area contributed by atoms with Crippen LogP contribution in [0, 0.1) is 17.6 Å². The maximum Gasteiger partial charge on any atom is 0.307 e. The lowest BCUT2D eigenvalue weighted by atomic mass is 9.98. The van der Waals surface area contributed by atoms with Crippen molar-refractivity contribution in [1.82, 2.24) is 10.3 Å². The Labute approximate surface area is 162 Å². The molecule has 0 radical (unpaired) electrons. The van der Waals surface area contributed by atoms with Crippen LogP contribution in [-0.4, -0.2) is 48.4 Å². The highest BCUT2D eigenvalue weighted by Crippen LogP contribution is 2.26. The van der Waals surface area contributed by atoms with Crippen LogP contribution in [0.1, 0.15) is 18.4 Å². The SMILES string of the molecule is O=C(O)C1CCCN(CCN/N=C/c2ccccc2-c2ccc(F)cc2F)C1. The van der Waals surface area contributed by atoms with Crippen LogP contribution in [0.4, 0.5) is 8.78 Å². The van der Waals surface area contributed by atoms with Gasteiger partial charge in [-0.2, -0.15) is 5.10 Å². The Kier molecular flexibility index (Phi) is 6.71. The third-order valence-electron chi connectivity index (χ3n) is 4.87. The maximum absolute atomic E-state index is 14.1. The molecule has 0 amide bonds. The Balaban J connectivity index is 1.57. The number of benzene rings is 2. The molecule has 0 aromatic heterocycles. The maximum atomic E-state index is 14.1. The van der Waals surface area contributed by atoms with Gasteiger partial charge in [0.25, 0.3) is 0 Å². The molecule has 1 fully saturated rings. The number of carboxylic acids is 1. The van der Waals surface area contributed by atoms with Crippen molar-refractivity contribution in [2.75, 3.05) is 26.2 Å². The second-order valence-electron chi connectivity index (χ2n) is 6.86. The number of carboxylic acid groups (broad SMARTS) is 1. The second-order valence-corrected chi connectivity index (χ2v) is 6.86. The Morgan fingerprint density at radius 2 is 2.07 bits per heavy atom. The van der Waals surface area contributed by atoms with Crippen molar-refractivity contribution < 1.29 is 18.7 Å². The van der Waals surface area contributed by atoms with E-state index in [0.717, 1.165) is 25.5 Å². The van der Waals surface area contributed by atoms with Gasteiger partial charge in [0, 0.05) is 36.8 Å². The Bertz CT molecular complexity index is 857. The lowest BCUT2D eigenvalue weighted by molar-refractivity contribution is -0.143. The summed E-state index contributed by atoms with van der Waals surface area (Å²) in [5, 5.41) is 13.3. The molecule has 28 heavy (non-hydrogen) atoms. The van der Waals surface area contributed by atoms with Crippen LogP contribution >= 0.6 is 0 Å². The number of hydrogen-bond acceptors (Lipinski definition) is 4. The van der Waals surface area contributed by atoms with Gasteiger partial charge < -0.3 is 15.4 Å². The first-order valence-electron chi connectivity index (χ1n) is 9.30. The van der Waals surface area contributed by atoms with E-state index in [4.69, 9.17) is 5.11 Å². The normalized spacial score (nSPS) is 17.7. The van der Waals surface area contributed by atoms with Crippen LogP contribution in [0.2, 0.25) is 0 Å². The number of likely N-dealkylation sites (tertiary alicyclic amines) is 1. The van der Waals surface area contributed by atoms with Crippen LogP contribution in [0.5, 0.6) is 0 Å². The van der Waals surface area contributed by atoms with Gasteiger partial charge in [-0.1, -0.05) is 24.3 Å². The van der Waals surface area contributed by atoms with E-state index in [1.807, 2.05) is 12.1 Å². The largest absolute Gasteiger partial charge is 0.481 e. The summed E-state index contributed by atoms with van der Waals surface area (Å²) in [5.41, 5.74) is 4.61. The zero-order chi connectivity index (χ0) is 19.9. The van der Waals surface area contributed by atoms with Gasteiger partial charge in [-0.05, 0) is 37.1 Å². The number of nitrogens with one attached hydrogen (secondary N) is 1. The molecule has 1 aliphatic heterocycles. The highest BCUT2D eigenvalue weighted by atomic mass is 19.1. The Morgan fingerprint density at radius 1 is 1.25 bits per heavy atom. The minimum atomic E-state index is -0.736. The number of piperidine rings is 1. The van der Waals surface area contributed by atoms with Crippen molar-refractivity contribution in [3.63, 3.8) is 0 Å². The molecule has 2 N–H and O–H groups in total. The van der Waals surface area contributed by atoms with Crippen molar-refractivity contribution in [2.24, 2.45) is 11.0 Å². The summed E-state index contributed by atoms with van der Waals surface area (Å²) in [6.45, 7) is 2.74. The van der Waals surface area contributed by atoms with Crippen LogP contribution in [0.15, 0.2) is 47.6 Å². The standard InChI is InChI=1S/C21H23F2N3O2/c22-17-7-8-19(20(23)12-17)18-6-2-1-4-15(18)13-25-24-9-11-26-10-3-5-16(14-26)21(27)28/h1-2,4,6-8,12-13,16,24H,3,5,9-11,14H2,(H,27,28)/b25-13+. The average molecular weight is 387 g/mol. The molecule has 148 valence electrons. The zero-order valence-electron chi connectivity index (χ0n) is 15.4. The molecule has 0 bridgehead atoms. The highest BCUT2D eigenvalue weighted by molar-refractivity contribution is 5.90. The van der Waals surface area contributed by atoms with Crippen LogP contribution in [0.25, 0.3) is 11.1 Å². The van der Waals surface area contributed by atoms with E-state index in [1.165, 1.54) is 12.1 Å². The summed E-state index contributed by atoms with van der Waals surface area (Å²) in [4.78, 5) is 13.2. The molecule has 1 heterocycles. The Morgan fingerprint density at radius 3 is 2.86 bits per heavy atom. The van der Waals surface area contributed by atoms with Crippen molar-refractivity contribution in [3.05, 3.63) is 59.7 Å². The minimum absolute atomic E-state index is 0.297. The molecule has 7 heteroatoms. The first kappa shape index (κ1) is 19.9. The average Bonchev–Trinajstić information content (AvgIpc) is 2.68. The number of halogens is 2. The quantitative estimate of drug-likeness (QED) is 0.434. The van der Waals surface area contributed by atoms with E-state index in [-0.39, 0.29) is 5.92 Å². The van der Waals surface area contributed by atoms with Crippen molar-refractivity contribution in [3.8, 4) is 11.1 Å². The minimum Gasteiger partial charge on any atom is -0.481 e. The summed E-state index contributed by atoms with van der Waals surface area (Å²) >= 11 is 0. The fraction of sp³-hybridized carbons (Fsp3) is 0.333. The fourth-order valence-corrected chi connectivity index (χ4v) is 3.41. The van der Waals surface area contributed by atoms with Gasteiger partial charge in [-0.15, -0.1) is 0 Å². The topological polar surface area (TPSA) is 64.9 Å². The van der Waals surface area contributed by atoms with Gasteiger partial charge in [0.15, 0.2) is 0 Å². The summed E-state index contributed by atoms with van der Waals surface area (Å²) in [5.74, 6) is -2.26. The van der Waals surface area contributed by atoms with Crippen molar-refractivity contribution >= 4 is 12.2 Å². The predicted octanol–water partition coefficient (Wildman–Crippen LogP) is 3.35. The van der Waals surface area contributed by atoms with E-state index < -0.39 is 17.6 Å². The van der Waals surface area contributed by atoms with E-state index in [9.17, 15) is 13.6 Å². The molecule has 1 saturated heterocycles. The lowest BCUT2D eigenvalue weighted by Gasteiger charge is -2.30. The van der Waals surface area contributed by atoms with Gasteiger partial charge >= 0.3 is 5.97 Å². The van der Waals surface area contributed by atoms with Gasteiger partial charge in [0.1, 0.15) is 11.6 Å². The first-order chi connectivity index (χ1) is 13.5. The van der Waals surface area contributed by atoms with E-state index in [1.54, 1.807) is 18.3 Å². The molecule has 2 aromatic rings. The monoisotopic (exact) mass is 387 g/mol. The number of aliphatic carboxylic acids is 1. The smallest absolute Gasteiger partial charge is 0.307 e. The fourth-order valence-electron chi connectivity index (χ4n) is 3.41. The number of carbonyl (C=O) groups is 1. The third-order valence-corrected chi connectivity index (χ3v) is 4.87. The number of hydrogen-bond donors (Lipinski definition) is 2. The van der Waals surface area contributed by atoms with E-state index in [2.05, 4.69) is 15.4 Å². The van der Waals surface area contributed by atoms with Crippen LogP contribution < -0.4 is 5.43 Å². The summed E-state index contributed by atoms with van der Waals surface area (Å²) in [7, 11) is 0. The molecular weight excluding hydrogens is 364 g/mol. The molecule has 1 atom stereocenters. The molecule has 1 unspecified atom stereocenters. The second kappa shape index (κ2) is 9.41. The number of nitrogens with zero attached hydrogens (tertiary/aromatic N) is 2.